The number of nitrogens with zero attached hydrogens (tertiary/aromatic N) is 1. The second-order valence-electron chi connectivity index (χ2n) is 5.26. The van der Waals surface area contributed by atoms with Gasteiger partial charge in [-0.05, 0) is 30.4 Å². The number of hydrogen-bond donors (Lipinski definition) is 1. The average molecular weight is 222 g/mol. The normalized spacial score (nSPS) is 13.6. The van der Waals surface area contributed by atoms with Crippen LogP contribution in [0.5, 0.6) is 5.75 Å². The highest BCUT2D eigenvalue weighted by atomic mass is 16.5. The molecule has 2 N–H and O–H groups in total. The third-order valence-electron chi connectivity index (χ3n) is 2.31. The van der Waals surface area contributed by atoms with Gasteiger partial charge in [-0.15, -0.1) is 0 Å². The van der Waals surface area contributed by atoms with Crippen molar-refractivity contribution in [2.45, 2.75) is 40.2 Å². The molecule has 16 heavy (non-hydrogen) atoms. The van der Waals surface area contributed by atoms with E-state index in [2.05, 4.69) is 25.8 Å². The Bertz CT molecular complexity index is 331. The van der Waals surface area contributed by atoms with Gasteiger partial charge >= 0.3 is 0 Å². The Hall–Kier alpha value is -1.09. The molecule has 1 rings (SSSR count). The molecule has 0 aliphatic heterocycles. The molecule has 1 unspecified atom stereocenters. The molecule has 0 aliphatic rings. The van der Waals surface area contributed by atoms with E-state index in [1.165, 1.54) is 0 Å². The first-order valence-corrected chi connectivity index (χ1v) is 5.75. The van der Waals surface area contributed by atoms with Gasteiger partial charge in [0.1, 0.15) is 5.75 Å². The standard InChI is InChI=1S/C13H22N2O/c1-5-16-11-6-10(8-15-9-11)12(14)7-13(2,3)4/h6,8-9,12H,5,7,14H2,1-4H3. The summed E-state index contributed by atoms with van der Waals surface area (Å²) in [5.41, 5.74) is 7.42. The smallest absolute Gasteiger partial charge is 0.137 e. The zero-order valence-electron chi connectivity index (χ0n) is 10.7. The first-order chi connectivity index (χ1) is 7.42. The fraction of sp³-hybridized carbons (Fsp3) is 0.615. The van der Waals surface area contributed by atoms with E-state index in [9.17, 15) is 0 Å². The third-order valence-corrected chi connectivity index (χ3v) is 2.31. The van der Waals surface area contributed by atoms with Crippen LogP contribution in [0.15, 0.2) is 18.5 Å². The summed E-state index contributed by atoms with van der Waals surface area (Å²) in [6.07, 6.45) is 4.47. The second-order valence-corrected chi connectivity index (χ2v) is 5.26. The average Bonchev–Trinajstić information content (AvgIpc) is 2.16. The first-order valence-electron chi connectivity index (χ1n) is 5.75. The maximum atomic E-state index is 6.15. The van der Waals surface area contributed by atoms with E-state index >= 15 is 0 Å². The summed E-state index contributed by atoms with van der Waals surface area (Å²) >= 11 is 0. The molecule has 0 bridgehead atoms. The SMILES string of the molecule is CCOc1cncc(C(N)CC(C)(C)C)c1. The Labute approximate surface area is 98.0 Å². The lowest BCUT2D eigenvalue weighted by Crippen LogP contribution is -2.18. The van der Waals surface area contributed by atoms with E-state index in [1.807, 2.05) is 19.2 Å². The summed E-state index contributed by atoms with van der Waals surface area (Å²) in [7, 11) is 0. The third kappa shape index (κ3) is 4.19. The number of nitrogens with two attached hydrogens (primary N) is 1. The zero-order valence-corrected chi connectivity index (χ0v) is 10.7. The van der Waals surface area contributed by atoms with Crippen LogP contribution in [-0.4, -0.2) is 11.6 Å². The topological polar surface area (TPSA) is 48.1 Å². The zero-order chi connectivity index (χ0) is 12.2. The van der Waals surface area contributed by atoms with E-state index in [0.717, 1.165) is 17.7 Å². The Kier molecular flexibility index (Phi) is 4.30. The molecule has 1 aromatic rings. The summed E-state index contributed by atoms with van der Waals surface area (Å²) in [6, 6.07) is 2.00. The molecule has 0 saturated heterocycles. The van der Waals surface area contributed by atoms with Gasteiger partial charge < -0.3 is 10.5 Å². The molecule has 0 saturated carbocycles. The van der Waals surface area contributed by atoms with E-state index in [0.29, 0.717) is 6.61 Å². The lowest BCUT2D eigenvalue weighted by Gasteiger charge is -2.23. The molecule has 0 spiro atoms. The quantitative estimate of drug-likeness (QED) is 0.852. The van der Waals surface area contributed by atoms with Crippen molar-refractivity contribution < 1.29 is 4.74 Å². The summed E-state index contributed by atoms with van der Waals surface area (Å²) < 4.78 is 5.41. The highest BCUT2D eigenvalue weighted by molar-refractivity contribution is 5.25. The van der Waals surface area contributed by atoms with Crippen LogP contribution >= 0.6 is 0 Å². The lowest BCUT2D eigenvalue weighted by atomic mass is 9.86. The Morgan fingerprint density at radius 3 is 2.62 bits per heavy atom. The van der Waals surface area contributed by atoms with Crippen LogP contribution in [0.3, 0.4) is 0 Å². The highest BCUT2D eigenvalue weighted by Crippen LogP contribution is 2.28. The maximum Gasteiger partial charge on any atom is 0.137 e. The molecule has 1 atom stereocenters. The van der Waals surface area contributed by atoms with Crippen LogP contribution in [-0.2, 0) is 0 Å². The van der Waals surface area contributed by atoms with Gasteiger partial charge in [0.15, 0.2) is 0 Å². The van der Waals surface area contributed by atoms with Crippen molar-refractivity contribution in [3.05, 3.63) is 24.0 Å². The Morgan fingerprint density at radius 2 is 2.06 bits per heavy atom. The maximum absolute atomic E-state index is 6.15. The van der Waals surface area contributed by atoms with Crippen LogP contribution in [0.25, 0.3) is 0 Å². The summed E-state index contributed by atoms with van der Waals surface area (Å²) in [5, 5.41) is 0. The first kappa shape index (κ1) is 13.0. The Morgan fingerprint density at radius 1 is 1.38 bits per heavy atom. The van der Waals surface area contributed by atoms with Crippen LogP contribution in [0.2, 0.25) is 0 Å². The molecule has 0 radical (unpaired) electrons. The van der Waals surface area contributed by atoms with Gasteiger partial charge in [-0.2, -0.15) is 0 Å². The number of rotatable bonds is 4. The predicted octanol–water partition coefficient (Wildman–Crippen LogP) is 2.92. The second kappa shape index (κ2) is 5.30. The van der Waals surface area contributed by atoms with Crippen LogP contribution in [0, 0.1) is 5.41 Å². The minimum atomic E-state index is 0.0212. The molecule has 3 heteroatoms. The van der Waals surface area contributed by atoms with Gasteiger partial charge in [0.25, 0.3) is 0 Å². The summed E-state index contributed by atoms with van der Waals surface area (Å²) in [5.74, 6) is 0.796. The molecule has 0 amide bonds. The van der Waals surface area contributed by atoms with Crippen LogP contribution in [0.1, 0.15) is 45.7 Å². The summed E-state index contributed by atoms with van der Waals surface area (Å²) in [6.45, 7) is 9.17. The Balaban J connectivity index is 2.75. The van der Waals surface area contributed by atoms with Gasteiger partial charge in [0.05, 0.1) is 12.8 Å². The molecular weight excluding hydrogens is 200 g/mol. The number of hydrogen-bond acceptors (Lipinski definition) is 3. The van der Waals surface area contributed by atoms with E-state index < -0.39 is 0 Å². The molecule has 0 aromatic carbocycles. The molecule has 1 aromatic heterocycles. The van der Waals surface area contributed by atoms with Crippen LogP contribution in [0.4, 0.5) is 0 Å². The largest absolute Gasteiger partial charge is 0.492 e. The van der Waals surface area contributed by atoms with Gasteiger partial charge in [0, 0.05) is 12.2 Å². The minimum absolute atomic E-state index is 0.0212. The van der Waals surface area contributed by atoms with Crippen molar-refractivity contribution in [3.8, 4) is 5.75 Å². The number of ether oxygens (including phenoxy) is 1. The van der Waals surface area contributed by atoms with E-state index in [-0.39, 0.29) is 11.5 Å². The van der Waals surface area contributed by atoms with Crippen molar-refractivity contribution in [1.82, 2.24) is 4.98 Å². The monoisotopic (exact) mass is 222 g/mol. The van der Waals surface area contributed by atoms with Gasteiger partial charge in [0.2, 0.25) is 0 Å². The van der Waals surface area contributed by atoms with Crippen molar-refractivity contribution in [2.24, 2.45) is 11.1 Å². The van der Waals surface area contributed by atoms with E-state index in [4.69, 9.17) is 10.5 Å². The van der Waals surface area contributed by atoms with Crippen molar-refractivity contribution >= 4 is 0 Å². The highest BCUT2D eigenvalue weighted by Gasteiger charge is 2.17. The molecule has 0 aliphatic carbocycles. The van der Waals surface area contributed by atoms with Crippen molar-refractivity contribution in [2.75, 3.05) is 6.61 Å². The molecule has 1 heterocycles. The van der Waals surface area contributed by atoms with Crippen molar-refractivity contribution in [3.63, 3.8) is 0 Å². The van der Waals surface area contributed by atoms with E-state index in [1.54, 1.807) is 6.20 Å². The van der Waals surface area contributed by atoms with Crippen molar-refractivity contribution in [1.29, 1.82) is 0 Å². The molecular formula is C13H22N2O. The van der Waals surface area contributed by atoms with Crippen LogP contribution < -0.4 is 10.5 Å². The minimum Gasteiger partial charge on any atom is -0.492 e. The summed E-state index contributed by atoms with van der Waals surface area (Å²) in [4.78, 5) is 4.15. The number of aromatic nitrogens is 1. The lowest BCUT2D eigenvalue weighted by molar-refractivity contribution is 0.331. The van der Waals surface area contributed by atoms with Gasteiger partial charge in [-0.25, -0.2) is 0 Å². The fourth-order valence-corrected chi connectivity index (χ4v) is 1.66. The molecule has 90 valence electrons. The fourth-order valence-electron chi connectivity index (χ4n) is 1.66. The van der Waals surface area contributed by atoms with Gasteiger partial charge in [-0.3, -0.25) is 4.98 Å². The van der Waals surface area contributed by atoms with Gasteiger partial charge in [-0.1, -0.05) is 20.8 Å². The predicted molar refractivity (Wildman–Crippen MR) is 66.4 cm³/mol. The number of pyridine rings is 1. The molecule has 0 fully saturated rings. The molecule has 3 nitrogen and oxygen atoms in total.